The Hall–Kier alpha value is -2.20. The number of ether oxygens (including phenoxy) is 1. The number of anilines is 1. The Labute approximate surface area is 188 Å². The minimum absolute atomic E-state index is 0.134. The van der Waals surface area contributed by atoms with Crippen molar-refractivity contribution in [2.45, 2.75) is 23.6 Å². The Morgan fingerprint density at radius 3 is 2.43 bits per heavy atom. The van der Waals surface area contributed by atoms with Crippen molar-refractivity contribution in [2.75, 3.05) is 11.9 Å². The second kappa shape index (κ2) is 10.2. The highest BCUT2D eigenvalue weighted by Crippen LogP contribution is 2.27. The van der Waals surface area contributed by atoms with Crippen molar-refractivity contribution in [3.63, 3.8) is 0 Å². The molecule has 0 saturated carbocycles. The van der Waals surface area contributed by atoms with Gasteiger partial charge in [-0.3, -0.25) is 4.79 Å². The summed E-state index contributed by atoms with van der Waals surface area (Å²) in [6.45, 7) is 2.30. The van der Waals surface area contributed by atoms with Gasteiger partial charge in [0.2, 0.25) is 5.91 Å². The molecule has 0 saturated heterocycles. The maximum absolute atomic E-state index is 13.1. The maximum atomic E-state index is 13.1. The number of hydrogen-bond acceptors (Lipinski definition) is 5. The van der Waals surface area contributed by atoms with Gasteiger partial charge in [0.05, 0.1) is 16.1 Å². The van der Waals surface area contributed by atoms with Crippen molar-refractivity contribution in [1.29, 1.82) is 0 Å². The molecule has 158 valence electrons. The molecule has 3 aromatic rings. The number of halogens is 1. The fourth-order valence-corrected chi connectivity index (χ4v) is 6.02. The van der Waals surface area contributed by atoms with Crippen molar-refractivity contribution in [3.8, 4) is 5.75 Å². The molecule has 0 bridgehead atoms. The lowest BCUT2D eigenvalue weighted by atomic mass is 10.1. The van der Waals surface area contributed by atoms with E-state index in [4.69, 9.17) is 4.74 Å². The molecule has 0 aliphatic carbocycles. The molecule has 9 heteroatoms. The number of amides is 1. The number of benzene rings is 2. The number of nitrogens with one attached hydrogen (secondary N) is 2. The fraction of sp³-hybridized carbons (Fsp3) is 0.190. The summed E-state index contributed by atoms with van der Waals surface area (Å²) in [5.74, 6) is 0.0575. The molecular formula is C21H21BrN2O4S2. The quantitative estimate of drug-likeness (QED) is 0.447. The summed E-state index contributed by atoms with van der Waals surface area (Å²) in [4.78, 5) is 13.1. The molecule has 2 aromatic carbocycles. The first-order valence-corrected chi connectivity index (χ1v) is 12.3. The van der Waals surface area contributed by atoms with Gasteiger partial charge in [-0.1, -0.05) is 42.5 Å². The molecule has 1 atom stereocenters. The molecular weight excluding hydrogens is 488 g/mol. The van der Waals surface area contributed by atoms with Crippen LogP contribution >= 0.6 is 27.3 Å². The zero-order valence-electron chi connectivity index (χ0n) is 16.2. The molecule has 0 aliphatic rings. The molecule has 6 nitrogen and oxygen atoms in total. The highest BCUT2D eigenvalue weighted by atomic mass is 79.9. The van der Waals surface area contributed by atoms with Gasteiger partial charge in [0.25, 0.3) is 10.0 Å². The summed E-state index contributed by atoms with van der Waals surface area (Å²) in [6, 6.07) is 18.5. The van der Waals surface area contributed by atoms with E-state index in [-0.39, 0.29) is 10.6 Å². The standard InChI is InChI=1S/C21H21BrN2O4S2/c1-2-28-18-11-7-6-10-16(18)23-21(25)17(14-15-8-4-3-5-9-15)24-30(26,27)20-13-12-19(22)29-20/h3-13,17,24H,2,14H2,1H3,(H,23,25)/t17-/m1/s1. The monoisotopic (exact) mass is 508 g/mol. The summed E-state index contributed by atoms with van der Waals surface area (Å²) in [7, 11) is -3.87. The van der Waals surface area contributed by atoms with Gasteiger partial charge < -0.3 is 10.1 Å². The number of sulfonamides is 1. The average molecular weight is 509 g/mol. The van der Waals surface area contributed by atoms with Gasteiger partial charge in [0.1, 0.15) is 16.0 Å². The number of carbonyl (C=O) groups excluding carboxylic acids is 1. The zero-order chi connectivity index (χ0) is 21.6. The number of hydrogen-bond donors (Lipinski definition) is 2. The fourth-order valence-electron chi connectivity index (χ4n) is 2.80. The molecule has 1 amide bonds. The molecule has 30 heavy (non-hydrogen) atoms. The first-order chi connectivity index (χ1) is 14.4. The van der Waals surface area contributed by atoms with Gasteiger partial charge in [-0.2, -0.15) is 4.72 Å². The first kappa shape index (κ1) is 22.5. The van der Waals surface area contributed by atoms with Gasteiger partial charge in [-0.25, -0.2) is 8.42 Å². The third-order valence-corrected chi connectivity index (χ3v) is 7.74. The van der Waals surface area contributed by atoms with Gasteiger partial charge in [0.15, 0.2) is 0 Å². The Kier molecular flexibility index (Phi) is 7.65. The third kappa shape index (κ3) is 5.91. The van der Waals surface area contributed by atoms with Crippen LogP contribution in [0.2, 0.25) is 0 Å². The third-order valence-electron chi connectivity index (χ3n) is 4.15. The van der Waals surface area contributed by atoms with E-state index in [0.717, 1.165) is 16.9 Å². The predicted molar refractivity (Wildman–Crippen MR) is 123 cm³/mol. The Morgan fingerprint density at radius 1 is 1.07 bits per heavy atom. The van der Waals surface area contributed by atoms with Crippen molar-refractivity contribution in [2.24, 2.45) is 0 Å². The maximum Gasteiger partial charge on any atom is 0.250 e. The van der Waals surface area contributed by atoms with E-state index in [1.807, 2.05) is 37.3 Å². The van der Waals surface area contributed by atoms with Crippen molar-refractivity contribution in [3.05, 3.63) is 76.1 Å². The van der Waals surface area contributed by atoms with Crippen LogP contribution in [0.15, 0.2) is 74.7 Å². The average Bonchev–Trinajstić information content (AvgIpc) is 3.17. The molecule has 0 aliphatic heterocycles. The van der Waals surface area contributed by atoms with Crippen LogP contribution in [0.4, 0.5) is 5.69 Å². The molecule has 3 rings (SSSR count). The number of carbonyl (C=O) groups is 1. The molecule has 0 unspecified atom stereocenters. The summed E-state index contributed by atoms with van der Waals surface area (Å²) in [5.41, 5.74) is 1.33. The van der Waals surface area contributed by atoms with Crippen LogP contribution in [0.25, 0.3) is 0 Å². The first-order valence-electron chi connectivity index (χ1n) is 9.23. The minimum atomic E-state index is -3.87. The van der Waals surface area contributed by atoms with Crippen molar-refractivity contribution >= 4 is 48.9 Å². The summed E-state index contributed by atoms with van der Waals surface area (Å²) >= 11 is 4.36. The van der Waals surface area contributed by atoms with E-state index in [0.29, 0.717) is 21.8 Å². The van der Waals surface area contributed by atoms with Crippen LogP contribution in [-0.4, -0.2) is 27.0 Å². The molecule has 1 aromatic heterocycles. The van der Waals surface area contributed by atoms with E-state index in [2.05, 4.69) is 26.0 Å². The van der Waals surface area contributed by atoms with E-state index in [1.165, 1.54) is 6.07 Å². The second-order valence-corrected chi connectivity index (χ2v) is 10.7. The van der Waals surface area contributed by atoms with Gasteiger partial charge in [0, 0.05) is 0 Å². The van der Waals surface area contributed by atoms with Crippen molar-refractivity contribution in [1.82, 2.24) is 4.72 Å². The summed E-state index contributed by atoms with van der Waals surface area (Å²) < 4.78 is 34.6. The van der Waals surface area contributed by atoms with Crippen LogP contribution in [0.3, 0.4) is 0 Å². The van der Waals surface area contributed by atoms with Crippen LogP contribution in [-0.2, 0) is 21.2 Å². The highest BCUT2D eigenvalue weighted by molar-refractivity contribution is 9.11. The molecule has 0 radical (unpaired) electrons. The minimum Gasteiger partial charge on any atom is -0.492 e. The Balaban J connectivity index is 1.86. The normalized spacial score (nSPS) is 12.3. The predicted octanol–water partition coefficient (Wildman–Crippen LogP) is 4.44. The zero-order valence-corrected chi connectivity index (χ0v) is 19.4. The van der Waals surface area contributed by atoms with Crippen LogP contribution < -0.4 is 14.8 Å². The van der Waals surface area contributed by atoms with Gasteiger partial charge in [-0.05, 0) is 59.1 Å². The van der Waals surface area contributed by atoms with E-state index < -0.39 is 22.0 Å². The topological polar surface area (TPSA) is 84.5 Å². The molecule has 2 N–H and O–H groups in total. The van der Waals surface area contributed by atoms with Crippen LogP contribution in [0.1, 0.15) is 12.5 Å². The lowest BCUT2D eigenvalue weighted by molar-refractivity contribution is -0.117. The number of thiophene rings is 1. The summed E-state index contributed by atoms with van der Waals surface area (Å²) in [5, 5.41) is 2.80. The second-order valence-electron chi connectivity index (χ2n) is 6.34. The molecule has 0 spiro atoms. The van der Waals surface area contributed by atoms with Crippen molar-refractivity contribution < 1.29 is 17.9 Å². The Morgan fingerprint density at radius 2 is 1.77 bits per heavy atom. The lowest BCUT2D eigenvalue weighted by Crippen LogP contribution is -2.45. The van der Waals surface area contributed by atoms with E-state index >= 15 is 0 Å². The van der Waals surface area contributed by atoms with E-state index in [9.17, 15) is 13.2 Å². The van der Waals surface area contributed by atoms with Crippen LogP contribution in [0.5, 0.6) is 5.75 Å². The SMILES string of the molecule is CCOc1ccccc1NC(=O)[C@@H](Cc1ccccc1)NS(=O)(=O)c1ccc(Br)s1. The smallest absolute Gasteiger partial charge is 0.250 e. The number of rotatable bonds is 9. The molecule has 0 fully saturated rings. The molecule has 1 heterocycles. The Bertz CT molecular complexity index is 1100. The van der Waals surface area contributed by atoms with Gasteiger partial charge in [-0.15, -0.1) is 11.3 Å². The van der Waals surface area contributed by atoms with Gasteiger partial charge >= 0.3 is 0 Å². The largest absolute Gasteiger partial charge is 0.492 e. The highest BCUT2D eigenvalue weighted by Gasteiger charge is 2.27. The number of para-hydroxylation sites is 2. The summed E-state index contributed by atoms with van der Waals surface area (Å²) in [6.07, 6.45) is 0.204. The van der Waals surface area contributed by atoms with Crippen LogP contribution in [0, 0.1) is 0 Å². The van der Waals surface area contributed by atoms with E-state index in [1.54, 1.807) is 30.3 Å². The lowest BCUT2D eigenvalue weighted by Gasteiger charge is -2.19.